The molecule has 0 bridgehead atoms. The minimum absolute atomic E-state index is 0. The predicted octanol–water partition coefficient (Wildman–Crippen LogP) is 1.05. The molecule has 4 heterocycles. The van der Waals surface area contributed by atoms with Crippen molar-refractivity contribution in [3.05, 3.63) is 75.0 Å². The molecule has 4 N–H and O–H groups in total. The van der Waals surface area contributed by atoms with E-state index in [9.17, 15) is 0 Å². The fourth-order valence-electron chi connectivity index (χ4n) is 1.21. The number of aromatic nitrogens is 12. The molecule has 0 amide bonds. The number of hydrogen-bond donors (Lipinski definition) is 4. The van der Waals surface area contributed by atoms with Crippen molar-refractivity contribution in [1.29, 1.82) is 0 Å². The zero-order chi connectivity index (χ0) is 28.3. The van der Waals surface area contributed by atoms with E-state index in [1.54, 1.807) is 43.6 Å². The van der Waals surface area contributed by atoms with Crippen molar-refractivity contribution in [3.8, 4) is 0 Å². The second kappa shape index (κ2) is 22.0. The van der Waals surface area contributed by atoms with E-state index in [1.807, 2.05) is 28.2 Å². The van der Waals surface area contributed by atoms with Crippen LogP contribution in [0.3, 0.4) is 0 Å². The molecule has 0 saturated heterocycles. The molecule has 25 heteroatoms. The van der Waals surface area contributed by atoms with Crippen LogP contribution in [-0.2, 0) is 28.2 Å². The maximum Gasteiger partial charge on any atom is 2.00 e. The second-order valence-electron chi connectivity index (χ2n) is 5.54. The Bertz CT molecular complexity index is 1170. The van der Waals surface area contributed by atoms with Crippen molar-refractivity contribution in [1.82, 2.24) is 59.1 Å². The molecule has 0 spiro atoms. The van der Waals surface area contributed by atoms with E-state index in [1.165, 1.54) is 0 Å². The van der Waals surface area contributed by atoms with Gasteiger partial charge in [-0.1, -0.05) is 0 Å². The third-order valence-corrected chi connectivity index (χ3v) is 4.36. The van der Waals surface area contributed by atoms with Gasteiger partial charge in [-0.05, 0) is 48.9 Å². The van der Waals surface area contributed by atoms with Crippen LogP contribution in [0.1, 0.15) is 0 Å². The quantitative estimate of drug-likeness (QED) is 0.0840. The van der Waals surface area contributed by atoms with Crippen LogP contribution < -0.4 is 0 Å². The molecular formula is C12H20N14O6PbS4. The van der Waals surface area contributed by atoms with Gasteiger partial charge in [0.15, 0.2) is 19.1 Å². The maximum absolute atomic E-state index is 8.25. The van der Waals surface area contributed by atoms with E-state index in [-0.39, 0.29) is 27.3 Å². The molecule has 0 aliphatic heterocycles. The van der Waals surface area contributed by atoms with Crippen LogP contribution in [0.4, 0.5) is 0 Å². The van der Waals surface area contributed by atoms with E-state index >= 15 is 0 Å². The summed E-state index contributed by atoms with van der Waals surface area (Å²) in [7, 11) is 7.36. The van der Waals surface area contributed by atoms with E-state index in [0.717, 1.165) is 0 Å². The Kier molecular flexibility index (Phi) is 22.8. The Morgan fingerprint density at radius 1 is 0.568 bits per heavy atom. The number of nitrogens with zero attached hydrogens (tertiary/aromatic N) is 10. The van der Waals surface area contributed by atoms with Gasteiger partial charge in [-0.3, -0.25) is 20.4 Å². The molecule has 0 fully saturated rings. The summed E-state index contributed by atoms with van der Waals surface area (Å²) in [6.07, 6.45) is 6.51. The average molecular weight is 792 g/mol. The molecule has 4 aromatic rings. The van der Waals surface area contributed by atoms with Gasteiger partial charge >= 0.3 is 27.3 Å². The Morgan fingerprint density at radius 3 is 0.730 bits per heavy atom. The number of rotatable bonds is 0. The zero-order valence-corrected chi connectivity index (χ0v) is 26.5. The largest absolute Gasteiger partial charge is 2.00 e. The summed E-state index contributed by atoms with van der Waals surface area (Å²) in [5, 5.41) is 54.5. The molecule has 4 rings (SSSR count). The van der Waals surface area contributed by atoms with Crippen molar-refractivity contribution >= 4 is 76.2 Å². The smallest absolute Gasteiger partial charge is 0.356 e. The average Bonchev–Trinajstić information content (AvgIpc) is 3.53. The number of H-pyrrole nitrogens is 4. The summed E-state index contributed by atoms with van der Waals surface area (Å²) in [5.74, 6) is 0. The van der Waals surface area contributed by atoms with Crippen LogP contribution in [0.15, 0.2) is 25.3 Å². The van der Waals surface area contributed by atoms with Crippen LogP contribution in [0.2, 0.25) is 0 Å². The van der Waals surface area contributed by atoms with Crippen LogP contribution >= 0.6 is 48.9 Å². The number of hydrogen-bond acceptors (Lipinski definition) is 14. The van der Waals surface area contributed by atoms with E-state index in [2.05, 4.69) is 40.8 Å². The zero-order valence-electron chi connectivity index (χ0n) is 19.4. The summed E-state index contributed by atoms with van der Waals surface area (Å²) >= 11 is 18.9. The summed E-state index contributed by atoms with van der Waals surface area (Å²) in [5.41, 5.74) is 0. The van der Waals surface area contributed by atoms with Crippen LogP contribution in [0, 0.1) is 49.7 Å². The summed E-state index contributed by atoms with van der Waals surface area (Å²) in [4.78, 5) is 16.5. The van der Waals surface area contributed by atoms with Crippen molar-refractivity contribution in [2.24, 2.45) is 28.2 Å². The minimum atomic E-state index is -1.75. The Labute approximate surface area is 247 Å². The predicted molar refractivity (Wildman–Crippen MR) is 140 cm³/mol. The first-order chi connectivity index (χ1) is 16.7. The van der Waals surface area contributed by atoms with Gasteiger partial charge in [0.1, 0.15) is 25.3 Å². The summed E-state index contributed by atoms with van der Waals surface area (Å²) in [6, 6.07) is 0. The summed E-state index contributed by atoms with van der Waals surface area (Å²) in [6.45, 7) is 0. The first kappa shape index (κ1) is 38.3. The number of aromatic amines is 4. The molecule has 0 aliphatic rings. The third-order valence-electron chi connectivity index (χ3n) is 2.85. The Balaban J connectivity index is -0.000000379. The minimum Gasteiger partial charge on any atom is -0.356 e. The van der Waals surface area contributed by atoms with E-state index in [4.69, 9.17) is 79.5 Å². The Morgan fingerprint density at radius 2 is 0.703 bits per heavy atom. The van der Waals surface area contributed by atoms with Gasteiger partial charge in [-0.25, -0.2) is 0 Å². The number of nitrogens with one attached hydrogen (secondary N) is 4. The molecule has 0 aliphatic carbocycles. The van der Waals surface area contributed by atoms with E-state index < -0.39 is 10.2 Å². The Hall–Kier alpha value is -3.24. The fraction of sp³-hybridized carbons (Fsp3) is 0.333. The van der Waals surface area contributed by atoms with Gasteiger partial charge in [-0.15, -0.1) is 0 Å². The van der Waals surface area contributed by atoms with E-state index in [0.29, 0.717) is 19.1 Å². The normalized spacial score (nSPS) is 8.32. The van der Waals surface area contributed by atoms with Crippen LogP contribution in [0.5, 0.6) is 0 Å². The standard InChI is InChI=1S/4C3H5N3S.2NO3.Pb/c4*1-6-2-4-5-3(6)7;2*2-1(3)4;/h4*2H,1H3,(H,5,7);;;/q;;;;2*-1;+2. The second-order valence-corrected chi connectivity index (χ2v) is 7.08. The summed E-state index contributed by atoms with van der Waals surface area (Å²) < 4.78 is 9.54. The van der Waals surface area contributed by atoms with Gasteiger partial charge in [-0.2, -0.15) is 20.4 Å². The van der Waals surface area contributed by atoms with Crippen molar-refractivity contribution in [2.45, 2.75) is 0 Å². The molecule has 2 radical (unpaired) electrons. The molecule has 4 aromatic heterocycles. The molecule has 0 saturated carbocycles. The molecule has 20 nitrogen and oxygen atoms in total. The van der Waals surface area contributed by atoms with Crippen LogP contribution in [-0.4, -0.2) is 96.5 Å². The molecule has 0 unspecified atom stereocenters. The number of aryl methyl sites for hydroxylation is 4. The van der Waals surface area contributed by atoms with Gasteiger partial charge in [0, 0.05) is 28.2 Å². The van der Waals surface area contributed by atoms with Crippen LogP contribution in [0.25, 0.3) is 0 Å². The van der Waals surface area contributed by atoms with Gasteiger partial charge < -0.3 is 48.9 Å². The van der Waals surface area contributed by atoms with Gasteiger partial charge in [0.25, 0.3) is 0 Å². The molecule has 37 heavy (non-hydrogen) atoms. The first-order valence-corrected chi connectivity index (χ1v) is 10.2. The molecule has 202 valence electrons. The van der Waals surface area contributed by atoms with Gasteiger partial charge in [0.2, 0.25) is 0 Å². The topological polar surface area (TPSA) is 267 Å². The fourth-order valence-corrected chi connectivity index (χ4v) is 1.61. The monoisotopic (exact) mass is 792 g/mol. The first-order valence-electron chi connectivity index (χ1n) is 8.56. The molecule has 0 atom stereocenters. The third kappa shape index (κ3) is 22.9. The molecule has 0 aromatic carbocycles. The van der Waals surface area contributed by atoms with Crippen molar-refractivity contribution < 1.29 is 10.2 Å². The van der Waals surface area contributed by atoms with Crippen molar-refractivity contribution in [3.63, 3.8) is 0 Å². The SMILES string of the molecule is Cn1cn[nH]c1=S.Cn1cn[nH]c1=S.Cn1cn[nH]c1=S.Cn1cn[nH]c1=S.O=[N+]([O-])[O-].O=[N+]([O-])[O-].[Pb+2]. The van der Waals surface area contributed by atoms with Crippen molar-refractivity contribution in [2.75, 3.05) is 0 Å². The van der Waals surface area contributed by atoms with Gasteiger partial charge in [0.05, 0.1) is 10.2 Å². The molecular weight excluding hydrogens is 772 g/mol. The maximum atomic E-state index is 8.25.